The van der Waals surface area contributed by atoms with Gasteiger partial charge in [0.25, 0.3) is 0 Å². The summed E-state index contributed by atoms with van der Waals surface area (Å²) < 4.78 is 4.86. The zero-order valence-corrected chi connectivity index (χ0v) is 15.7. The van der Waals surface area contributed by atoms with Gasteiger partial charge in [-0.05, 0) is 31.6 Å². The number of hydrogen-bond acceptors (Lipinski definition) is 5. The van der Waals surface area contributed by atoms with Crippen LogP contribution in [-0.2, 0) is 9.53 Å². The summed E-state index contributed by atoms with van der Waals surface area (Å²) >= 11 is 0. The van der Waals surface area contributed by atoms with Gasteiger partial charge in [-0.3, -0.25) is 0 Å². The standard InChI is InChI=1S/C19H36O5/c1-14(2)7-5-8-15(3)9-6-10-16(4)11-19(23)24-13-18(22)17(21)12-20/h11,14-15,17-18,20-22H,5-10,12-13H2,1-4H3. The average Bonchev–Trinajstić information content (AvgIpc) is 2.51. The third-order valence-electron chi connectivity index (χ3n) is 4.14. The smallest absolute Gasteiger partial charge is 0.330 e. The van der Waals surface area contributed by atoms with Crippen molar-refractivity contribution in [3.05, 3.63) is 11.6 Å². The van der Waals surface area contributed by atoms with E-state index in [-0.39, 0.29) is 6.61 Å². The van der Waals surface area contributed by atoms with E-state index in [9.17, 15) is 15.0 Å². The Hall–Kier alpha value is -0.910. The predicted octanol–water partition coefficient (Wildman–Crippen LogP) is 2.82. The van der Waals surface area contributed by atoms with E-state index in [1.807, 2.05) is 6.92 Å². The van der Waals surface area contributed by atoms with Gasteiger partial charge in [0.2, 0.25) is 0 Å². The van der Waals surface area contributed by atoms with Crippen molar-refractivity contribution in [1.82, 2.24) is 0 Å². The first-order chi connectivity index (χ1) is 11.3. The van der Waals surface area contributed by atoms with E-state index < -0.39 is 24.8 Å². The van der Waals surface area contributed by atoms with Crippen LogP contribution in [-0.4, -0.2) is 46.7 Å². The minimum absolute atomic E-state index is 0.322. The summed E-state index contributed by atoms with van der Waals surface area (Å²) in [7, 11) is 0. The molecule has 0 saturated heterocycles. The minimum Gasteiger partial charge on any atom is -0.460 e. The Morgan fingerprint density at radius 3 is 2.25 bits per heavy atom. The monoisotopic (exact) mass is 344 g/mol. The molecule has 0 amide bonds. The van der Waals surface area contributed by atoms with Crippen molar-refractivity contribution in [1.29, 1.82) is 0 Å². The van der Waals surface area contributed by atoms with Gasteiger partial charge in [-0.25, -0.2) is 4.79 Å². The van der Waals surface area contributed by atoms with E-state index in [2.05, 4.69) is 20.8 Å². The van der Waals surface area contributed by atoms with Crippen molar-refractivity contribution in [2.75, 3.05) is 13.2 Å². The Kier molecular flexibility index (Phi) is 12.9. The van der Waals surface area contributed by atoms with Gasteiger partial charge in [0, 0.05) is 6.08 Å². The predicted molar refractivity (Wildman–Crippen MR) is 95.5 cm³/mol. The second-order valence-corrected chi connectivity index (χ2v) is 7.26. The van der Waals surface area contributed by atoms with Crippen molar-refractivity contribution in [3.63, 3.8) is 0 Å². The lowest BCUT2D eigenvalue weighted by Gasteiger charge is -2.15. The van der Waals surface area contributed by atoms with Gasteiger partial charge >= 0.3 is 5.97 Å². The molecule has 0 aromatic carbocycles. The van der Waals surface area contributed by atoms with E-state index in [1.54, 1.807) is 0 Å². The molecule has 0 aromatic rings. The van der Waals surface area contributed by atoms with Gasteiger partial charge in [0.05, 0.1) is 6.61 Å². The Balaban J connectivity index is 3.90. The molecule has 5 nitrogen and oxygen atoms in total. The highest BCUT2D eigenvalue weighted by molar-refractivity contribution is 5.82. The normalized spacial score (nSPS) is 16.1. The highest BCUT2D eigenvalue weighted by atomic mass is 16.5. The highest BCUT2D eigenvalue weighted by Crippen LogP contribution is 2.19. The molecule has 0 aliphatic carbocycles. The summed E-state index contributed by atoms with van der Waals surface area (Å²) in [5, 5.41) is 27.3. The largest absolute Gasteiger partial charge is 0.460 e. The average molecular weight is 344 g/mol. The maximum atomic E-state index is 11.6. The van der Waals surface area contributed by atoms with Crippen molar-refractivity contribution in [2.24, 2.45) is 11.8 Å². The van der Waals surface area contributed by atoms with Gasteiger partial charge in [-0.2, -0.15) is 0 Å². The first-order valence-electron chi connectivity index (χ1n) is 9.07. The molecule has 0 spiro atoms. The molecule has 0 aliphatic heterocycles. The molecule has 0 heterocycles. The first kappa shape index (κ1) is 23.1. The fourth-order valence-electron chi connectivity index (χ4n) is 2.46. The van der Waals surface area contributed by atoms with Gasteiger partial charge in [0.1, 0.15) is 18.8 Å². The quantitative estimate of drug-likeness (QED) is 0.353. The second kappa shape index (κ2) is 13.4. The van der Waals surface area contributed by atoms with Crippen molar-refractivity contribution in [2.45, 2.75) is 78.4 Å². The fraction of sp³-hybridized carbons (Fsp3) is 0.842. The van der Waals surface area contributed by atoms with Gasteiger partial charge < -0.3 is 20.1 Å². The van der Waals surface area contributed by atoms with Crippen LogP contribution < -0.4 is 0 Å². The molecule has 142 valence electrons. The van der Waals surface area contributed by atoms with Crippen LogP contribution in [0.15, 0.2) is 11.6 Å². The Morgan fingerprint density at radius 1 is 1.04 bits per heavy atom. The summed E-state index contributed by atoms with van der Waals surface area (Å²) in [5.74, 6) is 0.950. The van der Waals surface area contributed by atoms with Crippen LogP contribution in [0.1, 0.15) is 66.2 Å². The molecule has 0 aliphatic rings. The SMILES string of the molecule is CC(=CC(=O)OCC(O)C(O)CO)CCCC(C)CCCC(C)C. The molecule has 24 heavy (non-hydrogen) atoms. The highest BCUT2D eigenvalue weighted by Gasteiger charge is 2.16. The molecule has 0 radical (unpaired) electrons. The number of ether oxygens (including phenoxy) is 1. The topological polar surface area (TPSA) is 87.0 Å². The zero-order chi connectivity index (χ0) is 18.5. The summed E-state index contributed by atoms with van der Waals surface area (Å²) in [6.07, 6.45) is 5.75. The van der Waals surface area contributed by atoms with Crippen molar-refractivity contribution < 1.29 is 24.9 Å². The minimum atomic E-state index is -1.29. The second-order valence-electron chi connectivity index (χ2n) is 7.26. The number of hydrogen-bond donors (Lipinski definition) is 3. The summed E-state index contributed by atoms with van der Waals surface area (Å²) in [6, 6.07) is 0. The number of carbonyl (C=O) groups is 1. The Bertz CT molecular complexity index is 365. The summed E-state index contributed by atoms with van der Waals surface area (Å²) in [5.41, 5.74) is 0.951. The molecule has 0 rings (SSSR count). The van der Waals surface area contributed by atoms with Gasteiger partial charge in [-0.15, -0.1) is 0 Å². The van der Waals surface area contributed by atoms with Crippen LogP contribution >= 0.6 is 0 Å². The van der Waals surface area contributed by atoms with E-state index in [0.29, 0.717) is 5.92 Å². The molecule has 0 bridgehead atoms. The summed E-state index contributed by atoms with van der Waals surface area (Å²) in [6.45, 7) is 7.79. The lowest BCUT2D eigenvalue weighted by molar-refractivity contribution is -0.143. The van der Waals surface area contributed by atoms with E-state index in [1.165, 1.54) is 25.3 Å². The Morgan fingerprint density at radius 2 is 1.67 bits per heavy atom. The number of esters is 1. The fourth-order valence-corrected chi connectivity index (χ4v) is 2.46. The molecule has 0 aromatic heterocycles. The molecule has 0 saturated carbocycles. The molecule has 3 atom stereocenters. The zero-order valence-electron chi connectivity index (χ0n) is 15.7. The lowest BCUT2D eigenvalue weighted by Crippen LogP contribution is -2.33. The van der Waals surface area contributed by atoms with E-state index in [4.69, 9.17) is 9.84 Å². The van der Waals surface area contributed by atoms with Crippen LogP contribution in [0.25, 0.3) is 0 Å². The van der Waals surface area contributed by atoms with Gasteiger partial charge in [0.15, 0.2) is 0 Å². The third-order valence-corrected chi connectivity index (χ3v) is 4.14. The third kappa shape index (κ3) is 12.5. The molecular formula is C19H36O5. The molecule has 5 heteroatoms. The van der Waals surface area contributed by atoms with Crippen LogP contribution in [0.3, 0.4) is 0 Å². The number of rotatable bonds is 13. The van der Waals surface area contributed by atoms with E-state index >= 15 is 0 Å². The van der Waals surface area contributed by atoms with Crippen LogP contribution in [0.4, 0.5) is 0 Å². The molecule has 0 fully saturated rings. The number of aliphatic hydroxyl groups excluding tert-OH is 3. The summed E-state index contributed by atoms with van der Waals surface area (Å²) in [4.78, 5) is 11.6. The molecule has 3 N–H and O–H groups in total. The van der Waals surface area contributed by atoms with Crippen LogP contribution in [0, 0.1) is 11.8 Å². The number of carbonyl (C=O) groups excluding carboxylic acids is 1. The van der Waals surface area contributed by atoms with Crippen LogP contribution in [0.2, 0.25) is 0 Å². The maximum absolute atomic E-state index is 11.6. The maximum Gasteiger partial charge on any atom is 0.330 e. The molecular weight excluding hydrogens is 308 g/mol. The number of aliphatic hydroxyl groups is 3. The van der Waals surface area contributed by atoms with E-state index in [0.717, 1.165) is 30.8 Å². The first-order valence-corrected chi connectivity index (χ1v) is 9.07. The van der Waals surface area contributed by atoms with Crippen molar-refractivity contribution in [3.8, 4) is 0 Å². The van der Waals surface area contributed by atoms with Crippen LogP contribution in [0.5, 0.6) is 0 Å². The molecule has 3 unspecified atom stereocenters. The Labute approximate surface area is 146 Å². The number of allylic oxidation sites excluding steroid dienone is 1. The van der Waals surface area contributed by atoms with Gasteiger partial charge in [-0.1, -0.05) is 52.0 Å². The lowest BCUT2D eigenvalue weighted by atomic mass is 9.94. The van der Waals surface area contributed by atoms with Crippen molar-refractivity contribution >= 4 is 5.97 Å².